The number of ether oxygens (including phenoxy) is 1. The number of benzene rings is 2. The minimum absolute atomic E-state index is 0.0426. The van der Waals surface area contributed by atoms with Crippen LogP contribution in [0.4, 0.5) is 5.69 Å². The topological polar surface area (TPSA) is 51.2 Å². The van der Waals surface area contributed by atoms with Crippen LogP contribution in [0.2, 0.25) is 0 Å². The predicted octanol–water partition coefficient (Wildman–Crippen LogP) is 5.47. The highest BCUT2D eigenvalue weighted by atomic mass is 16.5. The van der Waals surface area contributed by atoms with Crippen molar-refractivity contribution in [3.05, 3.63) is 84.7 Å². The van der Waals surface area contributed by atoms with E-state index in [1.54, 1.807) is 24.5 Å². The van der Waals surface area contributed by atoms with Crippen LogP contribution in [0.5, 0.6) is 11.5 Å². The first-order valence-electron chi connectivity index (χ1n) is 8.73. The largest absolute Gasteiger partial charge is 0.457 e. The Morgan fingerprint density at radius 1 is 0.885 bits per heavy atom. The van der Waals surface area contributed by atoms with E-state index in [0.717, 1.165) is 22.7 Å². The van der Waals surface area contributed by atoms with Gasteiger partial charge in [0.2, 0.25) is 5.91 Å². The average Bonchev–Trinajstić information content (AvgIpc) is 2.66. The van der Waals surface area contributed by atoms with E-state index in [-0.39, 0.29) is 5.91 Å². The Morgan fingerprint density at radius 3 is 2.08 bits per heavy atom. The van der Waals surface area contributed by atoms with Gasteiger partial charge in [0.25, 0.3) is 0 Å². The molecular formula is C22H24N2O2. The third-order valence-electron chi connectivity index (χ3n) is 3.23. The number of pyridine rings is 1. The van der Waals surface area contributed by atoms with E-state index in [1.807, 2.05) is 54.6 Å². The molecule has 0 saturated heterocycles. The van der Waals surface area contributed by atoms with Crippen LogP contribution in [-0.2, 0) is 11.2 Å². The molecule has 1 heterocycles. The van der Waals surface area contributed by atoms with E-state index < -0.39 is 0 Å². The summed E-state index contributed by atoms with van der Waals surface area (Å²) in [5, 5.41) is 2.87. The minimum atomic E-state index is -0.0426. The second-order valence-electron chi connectivity index (χ2n) is 5.73. The third-order valence-corrected chi connectivity index (χ3v) is 3.23. The molecule has 0 aliphatic carbocycles. The molecule has 0 atom stereocenters. The number of nitrogens with zero attached hydrogens (tertiary/aromatic N) is 1. The lowest BCUT2D eigenvalue weighted by atomic mass is 10.1. The number of carbonyl (C=O) groups is 1. The maximum Gasteiger partial charge on any atom is 0.228 e. The van der Waals surface area contributed by atoms with Crippen LogP contribution in [0.3, 0.4) is 0 Å². The first kappa shape index (κ1) is 19.2. The summed E-state index contributed by atoms with van der Waals surface area (Å²) in [4.78, 5) is 16.0. The van der Waals surface area contributed by atoms with E-state index in [1.165, 1.54) is 6.42 Å². The molecule has 0 spiro atoms. The van der Waals surface area contributed by atoms with Gasteiger partial charge in [-0.05, 0) is 42.0 Å². The summed E-state index contributed by atoms with van der Waals surface area (Å²) < 4.78 is 5.69. The van der Waals surface area contributed by atoms with Gasteiger partial charge in [0.05, 0.1) is 6.42 Å². The van der Waals surface area contributed by atoms with Gasteiger partial charge in [0, 0.05) is 18.1 Å². The Hall–Kier alpha value is -3.14. The van der Waals surface area contributed by atoms with Crippen LogP contribution in [0.15, 0.2) is 79.1 Å². The van der Waals surface area contributed by atoms with E-state index in [4.69, 9.17) is 4.74 Å². The van der Waals surface area contributed by atoms with Gasteiger partial charge in [0.15, 0.2) is 0 Å². The average molecular weight is 348 g/mol. The van der Waals surface area contributed by atoms with Crippen molar-refractivity contribution >= 4 is 11.6 Å². The van der Waals surface area contributed by atoms with Crippen molar-refractivity contribution in [2.24, 2.45) is 0 Å². The number of rotatable bonds is 5. The first-order valence-corrected chi connectivity index (χ1v) is 8.73. The monoisotopic (exact) mass is 348 g/mol. The highest BCUT2D eigenvalue weighted by molar-refractivity contribution is 5.92. The normalized spacial score (nSPS) is 9.62. The SMILES string of the molecule is CCC.O=C(Cc1ccc(Oc2ccncc2)cc1)Nc1ccccc1. The van der Waals surface area contributed by atoms with E-state index in [0.29, 0.717) is 6.42 Å². The maximum atomic E-state index is 12.0. The molecule has 0 bridgehead atoms. The van der Waals surface area contributed by atoms with Crippen molar-refractivity contribution in [1.82, 2.24) is 4.98 Å². The number of hydrogen-bond acceptors (Lipinski definition) is 3. The molecule has 26 heavy (non-hydrogen) atoms. The third kappa shape index (κ3) is 6.77. The molecule has 0 fully saturated rings. The maximum absolute atomic E-state index is 12.0. The molecular weight excluding hydrogens is 324 g/mol. The second-order valence-corrected chi connectivity index (χ2v) is 5.73. The number of para-hydroxylation sites is 1. The summed E-state index contributed by atoms with van der Waals surface area (Å²) >= 11 is 0. The zero-order chi connectivity index (χ0) is 18.6. The fraction of sp³-hybridized carbons (Fsp3) is 0.182. The van der Waals surface area contributed by atoms with Gasteiger partial charge in [0.1, 0.15) is 11.5 Å². The zero-order valence-corrected chi connectivity index (χ0v) is 15.2. The molecule has 1 N–H and O–H groups in total. The lowest BCUT2D eigenvalue weighted by Crippen LogP contribution is -2.14. The second kappa shape index (κ2) is 10.7. The number of anilines is 1. The predicted molar refractivity (Wildman–Crippen MR) is 105 cm³/mol. The Bertz CT molecular complexity index is 772. The number of aromatic nitrogens is 1. The van der Waals surface area contributed by atoms with Gasteiger partial charge < -0.3 is 10.1 Å². The summed E-state index contributed by atoms with van der Waals surface area (Å²) in [5.74, 6) is 1.41. The van der Waals surface area contributed by atoms with E-state index in [2.05, 4.69) is 24.1 Å². The van der Waals surface area contributed by atoms with Gasteiger partial charge in [-0.2, -0.15) is 0 Å². The lowest BCUT2D eigenvalue weighted by molar-refractivity contribution is -0.115. The Labute approximate surface area is 154 Å². The van der Waals surface area contributed by atoms with Crippen molar-refractivity contribution in [1.29, 1.82) is 0 Å². The highest BCUT2D eigenvalue weighted by Crippen LogP contribution is 2.21. The van der Waals surface area contributed by atoms with Crippen LogP contribution in [0, 0.1) is 0 Å². The summed E-state index contributed by atoms with van der Waals surface area (Å²) in [6.07, 6.45) is 4.93. The highest BCUT2D eigenvalue weighted by Gasteiger charge is 2.04. The standard InChI is InChI=1S/C19H16N2O2.C3H8/c22-19(21-16-4-2-1-3-5-16)14-15-6-8-17(9-7-15)23-18-10-12-20-13-11-18;1-3-2/h1-13H,14H2,(H,21,22);3H2,1-2H3. The Kier molecular flexibility index (Phi) is 7.87. The van der Waals surface area contributed by atoms with Crippen molar-refractivity contribution < 1.29 is 9.53 Å². The Morgan fingerprint density at radius 2 is 1.46 bits per heavy atom. The van der Waals surface area contributed by atoms with Crippen LogP contribution < -0.4 is 10.1 Å². The fourth-order valence-corrected chi connectivity index (χ4v) is 2.13. The van der Waals surface area contributed by atoms with E-state index in [9.17, 15) is 4.79 Å². The summed E-state index contributed by atoms with van der Waals surface area (Å²) in [6.45, 7) is 4.25. The molecule has 0 aliphatic heterocycles. The smallest absolute Gasteiger partial charge is 0.228 e. The van der Waals surface area contributed by atoms with Crippen LogP contribution in [-0.4, -0.2) is 10.9 Å². The number of carbonyl (C=O) groups excluding carboxylic acids is 1. The first-order chi connectivity index (χ1) is 12.7. The van der Waals surface area contributed by atoms with Crippen LogP contribution >= 0.6 is 0 Å². The molecule has 134 valence electrons. The Balaban J connectivity index is 0.000000758. The number of hydrogen-bond donors (Lipinski definition) is 1. The van der Waals surface area contributed by atoms with Crippen molar-refractivity contribution in [2.75, 3.05) is 5.32 Å². The van der Waals surface area contributed by atoms with E-state index >= 15 is 0 Å². The molecule has 4 nitrogen and oxygen atoms in total. The van der Waals surface area contributed by atoms with Crippen LogP contribution in [0.25, 0.3) is 0 Å². The van der Waals surface area contributed by atoms with Gasteiger partial charge in [-0.15, -0.1) is 0 Å². The van der Waals surface area contributed by atoms with Gasteiger partial charge in [-0.25, -0.2) is 0 Å². The molecule has 0 unspecified atom stereocenters. The van der Waals surface area contributed by atoms with Crippen molar-refractivity contribution in [3.63, 3.8) is 0 Å². The van der Waals surface area contributed by atoms with Gasteiger partial charge >= 0.3 is 0 Å². The molecule has 0 radical (unpaired) electrons. The fourth-order valence-electron chi connectivity index (χ4n) is 2.13. The molecule has 2 aromatic carbocycles. The number of amides is 1. The zero-order valence-electron chi connectivity index (χ0n) is 15.2. The van der Waals surface area contributed by atoms with Gasteiger partial charge in [-0.1, -0.05) is 50.6 Å². The summed E-state index contributed by atoms with van der Waals surface area (Å²) in [5.41, 5.74) is 1.73. The molecule has 3 aromatic rings. The summed E-state index contributed by atoms with van der Waals surface area (Å²) in [7, 11) is 0. The molecule has 0 aliphatic rings. The summed E-state index contributed by atoms with van der Waals surface area (Å²) in [6, 6.07) is 20.5. The van der Waals surface area contributed by atoms with Gasteiger partial charge in [-0.3, -0.25) is 9.78 Å². The molecule has 1 amide bonds. The molecule has 0 saturated carbocycles. The molecule has 4 heteroatoms. The van der Waals surface area contributed by atoms with Crippen molar-refractivity contribution in [2.45, 2.75) is 26.7 Å². The lowest BCUT2D eigenvalue weighted by Gasteiger charge is -2.07. The number of nitrogens with one attached hydrogen (secondary N) is 1. The molecule has 1 aromatic heterocycles. The van der Waals surface area contributed by atoms with Crippen LogP contribution in [0.1, 0.15) is 25.8 Å². The molecule has 3 rings (SSSR count). The quantitative estimate of drug-likeness (QED) is 0.665. The minimum Gasteiger partial charge on any atom is -0.457 e. The van der Waals surface area contributed by atoms with Crippen molar-refractivity contribution in [3.8, 4) is 11.5 Å².